The molecule has 0 aliphatic carbocycles. The minimum Gasteiger partial charge on any atom is -0.0903 e. The number of hydrogen-bond acceptors (Lipinski definition) is 2. The van der Waals surface area contributed by atoms with E-state index in [0.717, 1.165) is 0 Å². The Morgan fingerprint density at radius 2 is 0.672 bits per heavy atom. The third kappa shape index (κ3) is 5.60. The Morgan fingerprint density at radius 1 is 0.310 bits per heavy atom. The number of hydrogen-bond donors (Lipinski definition) is 0. The zero-order valence-electron chi connectivity index (χ0n) is 32.0. The van der Waals surface area contributed by atoms with Gasteiger partial charge in [0.25, 0.3) is 0 Å². The topological polar surface area (TPSA) is 0 Å². The summed E-state index contributed by atoms with van der Waals surface area (Å²) in [6, 6.07) is 79.3. The van der Waals surface area contributed by atoms with E-state index in [1.165, 1.54) is 102 Å². The molecule has 0 nitrogen and oxygen atoms in total. The lowest BCUT2D eigenvalue weighted by Gasteiger charge is -2.44. The third-order valence-electron chi connectivity index (χ3n) is 12.0. The molecule has 0 radical (unpaired) electrons. The summed E-state index contributed by atoms with van der Waals surface area (Å²) in [5.74, 6) is 0. The van der Waals surface area contributed by atoms with Gasteiger partial charge in [-0.05, 0) is 119 Å². The van der Waals surface area contributed by atoms with Crippen LogP contribution in [0.15, 0.2) is 232 Å². The maximum atomic E-state index is 2.48. The second-order valence-corrected chi connectivity index (χ2v) is 21.0. The van der Waals surface area contributed by atoms with Crippen molar-refractivity contribution in [1.29, 1.82) is 0 Å². The van der Waals surface area contributed by atoms with Gasteiger partial charge in [-0.2, -0.15) is 0 Å². The largest absolute Gasteiger partial charge is 0.184 e. The zero-order valence-corrected chi connectivity index (χ0v) is 34.7. The predicted octanol–water partition coefficient (Wildman–Crippen LogP) is 12.6. The lowest BCUT2D eigenvalue weighted by Crippen LogP contribution is -2.78. The summed E-state index contributed by atoms with van der Waals surface area (Å²) >= 11 is 3.89. The molecule has 0 unspecified atom stereocenters. The smallest absolute Gasteiger partial charge is 0.0903 e. The summed E-state index contributed by atoms with van der Waals surface area (Å²) < 4.78 is 0. The van der Waals surface area contributed by atoms with Crippen molar-refractivity contribution in [3.05, 3.63) is 218 Å². The highest BCUT2D eigenvalue weighted by atomic mass is 32.2. The minimum absolute atomic E-state index is 1.21. The van der Waals surface area contributed by atoms with Crippen LogP contribution < -0.4 is 20.7 Å². The van der Waals surface area contributed by atoms with Gasteiger partial charge >= 0.3 is 0 Å². The molecule has 3 heteroatoms. The summed E-state index contributed by atoms with van der Waals surface area (Å²) in [4.78, 5) is 5.54. The van der Waals surface area contributed by atoms with Crippen LogP contribution >= 0.6 is 23.5 Å². The van der Waals surface area contributed by atoms with Gasteiger partial charge in [-0.3, -0.25) is 0 Å². The highest BCUT2D eigenvalue weighted by Gasteiger charge is 2.51. The van der Waals surface area contributed by atoms with E-state index in [9.17, 15) is 0 Å². The van der Waals surface area contributed by atoms with Gasteiger partial charge < -0.3 is 0 Å². The van der Waals surface area contributed by atoms with E-state index in [4.69, 9.17) is 0 Å². The van der Waals surface area contributed by atoms with E-state index in [2.05, 4.69) is 219 Å². The third-order valence-corrected chi connectivity index (χ3v) is 20.0. The van der Waals surface area contributed by atoms with Crippen LogP contribution in [0, 0.1) is 6.92 Å². The number of benzene rings is 9. The van der Waals surface area contributed by atoms with Crippen LogP contribution in [-0.4, -0.2) is 8.07 Å². The Balaban J connectivity index is 1.11. The maximum absolute atomic E-state index is 2.66. The van der Waals surface area contributed by atoms with E-state index >= 15 is 0 Å². The highest BCUT2D eigenvalue weighted by Crippen LogP contribution is 2.46. The Morgan fingerprint density at radius 3 is 1.12 bits per heavy atom. The fourth-order valence-corrected chi connectivity index (χ4v) is 18.7. The van der Waals surface area contributed by atoms with Crippen LogP contribution in [0.2, 0.25) is 0 Å². The molecule has 0 fully saturated rings. The monoisotopic (exact) mass is 790 g/mol. The molecule has 2 heterocycles. The van der Waals surface area contributed by atoms with Crippen molar-refractivity contribution in [3.63, 3.8) is 0 Å². The van der Waals surface area contributed by atoms with Gasteiger partial charge in [0.05, 0.1) is 0 Å². The molecule has 2 aliphatic heterocycles. The highest BCUT2D eigenvalue weighted by molar-refractivity contribution is 8.01. The molecule has 58 heavy (non-hydrogen) atoms. The van der Waals surface area contributed by atoms with Gasteiger partial charge in [-0.1, -0.05) is 206 Å². The fourth-order valence-electron chi connectivity index (χ4n) is 9.36. The molecule has 0 amide bonds. The average molecular weight is 791 g/mol. The molecule has 1 spiro atoms. The lowest BCUT2D eigenvalue weighted by atomic mass is 9.85. The van der Waals surface area contributed by atoms with Crippen molar-refractivity contribution in [2.24, 2.45) is 0 Å². The number of fused-ring (bicyclic) bond motifs is 8. The molecule has 0 atom stereocenters. The molecular weight excluding hydrogens is 753 g/mol. The fraction of sp³-hybridized carbons (Fsp3) is 0.0182. The first kappa shape index (κ1) is 35.1. The molecule has 0 aromatic heterocycles. The molecular formula is C55H38S2Si. The average Bonchev–Trinajstić information content (AvgIpc) is 3.29. The van der Waals surface area contributed by atoms with Gasteiger partial charge in [-0.15, -0.1) is 0 Å². The van der Waals surface area contributed by atoms with Crippen molar-refractivity contribution in [2.75, 3.05) is 0 Å². The van der Waals surface area contributed by atoms with Crippen molar-refractivity contribution in [3.8, 4) is 55.6 Å². The minimum atomic E-state index is -2.66. The molecule has 2 aliphatic rings. The van der Waals surface area contributed by atoms with Crippen LogP contribution in [0.5, 0.6) is 0 Å². The van der Waals surface area contributed by atoms with Gasteiger partial charge in [-0.25, -0.2) is 0 Å². The van der Waals surface area contributed by atoms with Crippen LogP contribution in [0.1, 0.15) is 5.56 Å². The number of aryl methyl sites for hydroxylation is 1. The summed E-state index contributed by atoms with van der Waals surface area (Å²) in [6.07, 6.45) is 0. The molecule has 9 aromatic rings. The molecule has 274 valence electrons. The molecule has 9 aromatic carbocycles. The first-order chi connectivity index (χ1) is 28.7. The second-order valence-electron chi connectivity index (χ2n) is 15.2. The van der Waals surface area contributed by atoms with E-state index in [1.807, 2.05) is 23.5 Å². The summed E-state index contributed by atoms with van der Waals surface area (Å²) in [6.45, 7) is 2.29. The molecule has 0 bridgehead atoms. The molecule has 0 N–H and O–H groups in total. The van der Waals surface area contributed by atoms with Crippen molar-refractivity contribution in [2.45, 2.75) is 26.5 Å². The molecule has 11 rings (SSSR count). The zero-order chi connectivity index (χ0) is 38.6. The van der Waals surface area contributed by atoms with E-state index in [-0.39, 0.29) is 0 Å². The first-order valence-electron chi connectivity index (χ1n) is 19.9. The van der Waals surface area contributed by atoms with Gasteiger partial charge in [0.15, 0.2) is 8.07 Å². The Bertz CT molecular complexity index is 2930. The van der Waals surface area contributed by atoms with Gasteiger partial charge in [0.2, 0.25) is 0 Å². The van der Waals surface area contributed by atoms with Crippen molar-refractivity contribution < 1.29 is 0 Å². The Kier molecular flexibility index (Phi) is 8.70. The van der Waals surface area contributed by atoms with Gasteiger partial charge in [0, 0.05) is 19.6 Å². The summed E-state index contributed by atoms with van der Waals surface area (Å²) in [5.41, 5.74) is 13.7. The van der Waals surface area contributed by atoms with Crippen molar-refractivity contribution >= 4 is 52.3 Å². The van der Waals surface area contributed by atoms with Crippen molar-refractivity contribution in [1.82, 2.24) is 0 Å². The standard InChI is InChI=1S/C55H38S2Si/c1-37-29-34-53-55(57-49-25-13-16-28-52(49)58(53)50-26-14-11-23-47(50)56-48-24-12-15-27-51(48)58)54(37)42-32-30-41(31-33-42)46-36-44(39-19-7-3-8-20-39)43(38-17-5-2-6-18-38)35-45(46)40-21-9-4-10-22-40/h2-36H,1H3. The first-order valence-corrected chi connectivity index (χ1v) is 23.6. The van der Waals surface area contributed by atoms with E-state index in [0.29, 0.717) is 0 Å². The van der Waals surface area contributed by atoms with E-state index < -0.39 is 8.07 Å². The van der Waals surface area contributed by atoms with Crippen LogP contribution in [0.3, 0.4) is 0 Å². The van der Waals surface area contributed by atoms with Crippen LogP contribution in [0.25, 0.3) is 55.6 Å². The molecule has 0 saturated carbocycles. The summed E-state index contributed by atoms with van der Waals surface area (Å²) in [7, 11) is -2.66. The second kappa shape index (κ2) is 14.4. The van der Waals surface area contributed by atoms with Gasteiger partial charge in [0.1, 0.15) is 0 Å². The Hall–Kier alpha value is -6.10. The maximum Gasteiger partial charge on any atom is 0.184 e. The lowest BCUT2D eigenvalue weighted by molar-refractivity contribution is 1.34. The molecule has 0 saturated heterocycles. The predicted molar refractivity (Wildman–Crippen MR) is 250 cm³/mol. The normalized spacial score (nSPS) is 13.3. The number of rotatable bonds is 5. The van der Waals surface area contributed by atoms with Crippen LogP contribution in [-0.2, 0) is 0 Å². The quantitative estimate of drug-likeness (QED) is 0.159. The SMILES string of the molecule is Cc1ccc2c(c1-c1ccc(-c3cc(-c4ccccc4)c(-c4ccccc4)cc3-c3ccccc3)cc1)Sc1ccccc1[Si]21c2ccccc2Sc2ccccc21. The van der Waals surface area contributed by atoms with Crippen LogP contribution in [0.4, 0.5) is 0 Å². The van der Waals surface area contributed by atoms with E-state index in [1.54, 1.807) is 0 Å². The summed E-state index contributed by atoms with van der Waals surface area (Å²) in [5, 5.41) is 6.00. The Labute approximate surface area is 350 Å².